The molecule has 4 nitrogen and oxygen atoms in total. The van der Waals surface area contributed by atoms with E-state index >= 15 is 0 Å². The molecule has 7 heteroatoms. The zero-order valence-electron chi connectivity index (χ0n) is 9.68. The first kappa shape index (κ1) is 14.0. The number of amides is 2. The van der Waals surface area contributed by atoms with Gasteiger partial charge >= 0.3 is 12.1 Å². The summed E-state index contributed by atoms with van der Waals surface area (Å²) in [7, 11) is 0. The monoisotopic (exact) mass is 260 g/mol. The Hall–Kier alpha value is -2.05. The average molecular weight is 260 g/mol. The van der Waals surface area contributed by atoms with E-state index in [1.807, 2.05) is 0 Å². The van der Waals surface area contributed by atoms with Gasteiger partial charge in [-0.05, 0) is 37.1 Å². The molecule has 0 bridgehead atoms. The standard InChI is InChI=1S/C11H11F3N2O2/c1-5-6(2)8(4-3-7(5)9(15)17)16-10(18)11(12,13)14/h3-4H,1-2H3,(H2,15,17)(H,16,18). The predicted octanol–water partition coefficient (Wildman–Crippen LogP) is 1.90. The van der Waals surface area contributed by atoms with Crippen molar-refractivity contribution < 1.29 is 22.8 Å². The Morgan fingerprint density at radius 3 is 2.17 bits per heavy atom. The number of primary amides is 1. The number of rotatable bonds is 2. The molecule has 0 heterocycles. The third-order valence-corrected chi connectivity index (χ3v) is 2.56. The minimum atomic E-state index is -4.96. The van der Waals surface area contributed by atoms with E-state index in [1.165, 1.54) is 19.1 Å². The van der Waals surface area contributed by atoms with Crippen molar-refractivity contribution in [2.24, 2.45) is 5.73 Å². The zero-order chi connectivity index (χ0) is 14.1. The molecule has 18 heavy (non-hydrogen) atoms. The summed E-state index contributed by atoms with van der Waals surface area (Å²) in [6.07, 6.45) is -4.96. The van der Waals surface area contributed by atoms with Crippen molar-refractivity contribution in [1.29, 1.82) is 0 Å². The minimum absolute atomic E-state index is 0.000162. The highest BCUT2D eigenvalue weighted by Gasteiger charge is 2.38. The fourth-order valence-electron chi connectivity index (χ4n) is 1.42. The Labute approximate surface area is 101 Å². The number of alkyl halides is 3. The smallest absolute Gasteiger partial charge is 0.366 e. The number of anilines is 1. The van der Waals surface area contributed by atoms with Crippen LogP contribution < -0.4 is 11.1 Å². The van der Waals surface area contributed by atoms with E-state index in [-0.39, 0.29) is 11.3 Å². The number of hydrogen-bond donors (Lipinski definition) is 2. The lowest BCUT2D eigenvalue weighted by Gasteiger charge is -2.13. The second-order valence-electron chi connectivity index (χ2n) is 3.73. The van der Waals surface area contributed by atoms with Crippen LogP contribution in [-0.4, -0.2) is 18.0 Å². The molecule has 98 valence electrons. The Morgan fingerprint density at radius 2 is 1.72 bits per heavy atom. The number of benzene rings is 1. The number of halogens is 3. The van der Waals surface area contributed by atoms with Crippen LogP contribution in [0, 0.1) is 13.8 Å². The summed E-state index contributed by atoms with van der Waals surface area (Å²) in [5.74, 6) is -2.74. The van der Waals surface area contributed by atoms with Crippen molar-refractivity contribution in [3.8, 4) is 0 Å². The molecular weight excluding hydrogens is 249 g/mol. The van der Waals surface area contributed by atoms with E-state index in [1.54, 1.807) is 12.2 Å². The van der Waals surface area contributed by atoms with Crippen molar-refractivity contribution in [3.05, 3.63) is 28.8 Å². The third kappa shape index (κ3) is 2.79. The summed E-state index contributed by atoms with van der Waals surface area (Å²) >= 11 is 0. The zero-order valence-corrected chi connectivity index (χ0v) is 9.68. The van der Waals surface area contributed by atoms with Crippen molar-refractivity contribution >= 4 is 17.5 Å². The second kappa shape index (κ2) is 4.67. The molecule has 0 saturated carbocycles. The van der Waals surface area contributed by atoms with E-state index < -0.39 is 18.0 Å². The van der Waals surface area contributed by atoms with Gasteiger partial charge in [-0.25, -0.2) is 0 Å². The van der Waals surface area contributed by atoms with Crippen molar-refractivity contribution in [2.75, 3.05) is 5.32 Å². The highest BCUT2D eigenvalue weighted by molar-refractivity contribution is 5.98. The van der Waals surface area contributed by atoms with Crippen LogP contribution in [0.5, 0.6) is 0 Å². The Balaban J connectivity index is 3.11. The van der Waals surface area contributed by atoms with Gasteiger partial charge in [0.05, 0.1) is 0 Å². The number of carbonyl (C=O) groups is 2. The highest BCUT2D eigenvalue weighted by Crippen LogP contribution is 2.24. The lowest BCUT2D eigenvalue weighted by atomic mass is 10.0. The molecule has 0 fully saturated rings. The molecule has 1 aromatic rings. The van der Waals surface area contributed by atoms with Crippen LogP contribution in [0.3, 0.4) is 0 Å². The Bertz CT molecular complexity index is 510. The average Bonchev–Trinajstić information content (AvgIpc) is 2.22. The minimum Gasteiger partial charge on any atom is -0.366 e. The van der Waals surface area contributed by atoms with Gasteiger partial charge in [0.1, 0.15) is 0 Å². The summed E-state index contributed by atoms with van der Waals surface area (Å²) in [5.41, 5.74) is 6.10. The van der Waals surface area contributed by atoms with Crippen LogP contribution in [0.2, 0.25) is 0 Å². The van der Waals surface area contributed by atoms with E-state index in [9.17, 15) is 22.8 Å². The van der Waals surface area contributed by atoms with Crippen molar-refractivity contribution in [1.82, 2.24) is 0 Å². The predicted molar refractivity (Wildman–Crippen MR) is 59.1 cm³/mol. The molecule has 0 radical (unpaired) electrons. The van der Waals surface area contributed by atoms with Gasteiger partial charge in [0, 0.05) is 11.3 Å². The van der Waals surface area contributed by atoms with Gasteiger partial charge in [0.25, 0.3) is 0 Å². The van der Waals surface area contributed by atoms with E-state index in [2.05, 4.69) is 0 Å². The van der Waals surface area contributed by atoms with Crippen LogP contribution in [-0.2, 0) is 4.79 Å². The summed E-state index contributed by atoms with van der Waals surface area (Å²) in [5, 5.41) is 1.74. The number of hydrogen-bond acceptors (Lipinski definition) is 2. The highest BCUT2D eigenvalue weighted by atomic mass is 19.4. The van der Waals surface area contributed by atoms with Gasteiger partial charge in [-0.15, -0.1) is 0 Å². The normalized spacial score (nSPS) is 11.2. The van der Waals surface area contributed by atoms with Gasteiger partial charge in [-0.2, -0.15) is 13.2 Å². The van der Waals surface area contributed by atoms with Crippen LogP contribution >= 0.6 is 0 Å². The molecule has 0 spiro atoms. The topological polar surface area (TPSA) is 72.2 Å². The first-order chi connectivity index (χ1) is 8.14. The molecule has 3 N–H and O–H groups in total. The van der Waals surface area contributed by atoms with Gasteiger partial charge < -0.3 is 11.1 Å². The summed E-state index contributed by atoms with van der Waals surface area (Å²) in [6.45, 7) is 3.03. The quantitative estimate of drug-likeness (QED) is 0.852. The van der Waals surface area contributed by atoms with E-state index in [0.717, 1.165) is 0 Å². The largest absolute Gasteiger partial charge is 0.471 e. The molecular formula is C11H11F3N2O2. The lowest BCUT2D eigenvalue weighted by molar-refractivity contribution is -0.167. The molecule has 1 aromatic carbocycles. The fourth-order valence-corrected chi connectivity index (χ4v) is 1.42. The first-order valence-electron chi connectivity index (χ1n) is 4.92. The number of nitrogens with two attached hydrogens (primary N) is 1. The second-order valence-corrected chi connectivity index (χ2v) is 3.73. The van der Waals surface area contributed by atoms with Gasteiger partial charge in [-0.1, -0.05) is 0 Å². The molecule has 0 aliphatic rings. The molecule has 0 saturated heterocycles. The fraction of sp³-hybridized carbons (Fsp3) is 0.273. The molecule has 0 atom stereocenters. The van der Waals surface area contributed by atoms with Crippen LogP contribution in [0.4, 0.5) is 18.9 Å². The Morgan fingerprint density at radius 1 is 1.17 bits per heavy atom. The van der Waals surface area contributed by atoms with Gasteiger partial charge in [0.15, 0.2) is 0 Å². The molecule has 0 aliphatic heterocycles. The Kier molecular flexibility index (Phi) is 3.64. The molecule has 2 amide bonds. The first-order valence-corrected chi connectivity index (χ1v) is 4.92. The van der Waals surface area contributed by atoms with E-state index in [0.29, 0.717) is 11.1 Å². The van der Waals surface area contributed by atoms with Crippen molar-refractivity contribution in [3.63, 3.8) is 0 Å². The SMILES string of the molecule is Cc1c(NC(=O)C(F)(F)F)ccc(C(N)=O)c1C. The van der Waals surface area contributed by atoms with Gasteiger partial charge in [-0.3, -0.25) is 9.59 Å². The van der Waals surface area contributed by atoms with Crippen LogP contribution in [0.1, 0.15) is 21.5 Å². The summed E-state index contributed by atoms with van der Waals surface area (Å²) in [6, 6.07) is 2.49. The number of carbonyl (C=O) groups excluding carboxylic acids is 2. The van der Waals surface area contributed by atoms with Crippen molar-refractivity contribution in [2.45, 2.75) is 20.0 Å². The maximum atomic E-state index is 12.1. The maximum absolute atomic E-state index is 12.1. The van der Waals surface area contributed by atoms with Crippen LogP contribution in [0.15, 0.2) is 12.1 Å². The van der Waals surface area contributed by atoms with Crippen LogP contribution in [0.25, 0.3) is 0 Å². The molecule has 1 rings (SSSR count). The summed E-state index contributed by atoms with van der Waals surface area (Å²) < 4.78 is 36.3. The van der Waals surface area contributed by atoms with Gasteiger partial charge in [0.2, 0.25) is 5.91 Å². The molecule has 0 aliphatic carbocycles. The maximum Gasteiger partial charge on any atom is 0.471 e. The third-order valence-electron chi connectivity index (χ3n) is 2.56. The summed E-state index contributed by atoms with van der Waals surface area (Å²) in [4.78, 5) is 21.8. The lowest BCUT2D eigenvalue weighted by Crippen LogP contribution is -2.30. The van der Waals surface area contributed by atoms with E-state index in [4.69, 9.17) is 5.73 Å². The number of nitrogens with one attached hydrogen (secondary N) is 1. The molecule has 0 unspecified atom stereocenters. The molecule has 0 aromatic heterocycles.